The van der Waals surface area contributed by atoms with Gasteiger partial charge in [0.1, 0.15) is 0 Å². The van der Waals surface area contributed by atoms with Gasteiger partial charge in [0.25, 0.3) is 0 Å². The van der Waals surface area contributed by atoms with E-state index in [0.29, 0.717) is 5.41 Å². The molecule has 0 saturated heterocycles. The Morgan fingerprint density at radius 3 is 2.88 bits per heavy atom. The average Bonchev–Trinajstić information content (AvgIpc) is 3.02. The van der Waals surface area contributed by atoms with Crippen molar-refractivity contribution < 1.29 is 0 Å². The normalized spacial score (nSPS) is 44.1. The molecule has 1 heterocycles. The van der Waals surface area contributed by atoms with E-state index in [1.165, 1.54) is 17.8 Å². The van der Waals surface area contributed by atoms with Gasteiger partial charge in [0.15, 0.2) is 0 Å². The maximum atomic E-state index is 3.46. The molecule has 2 saturated carbocycles. The van der Waals surface area contributed by atoms with E-state index in [2.05, 4.69) is 43.9 Å². The van der Waals surface area contributed by atoms with Crippen molar-refractivity contribution in [1.29, 1.82) is 0 Å². The van der Waals surface area contributed by atoms with Gasteiger partial charge >= 0.3 is 0 Å². The second-order valence-corrected chi connectivity index (χ2v) is 7.10. The molecule has 1 aliphatic heterocycles. The van der Waals surface area contributed by atoms with Crippen molar-refractivity contribution in [2.24, 2.45) is 29.1 Å². The van der Waals surface area contributed by atoms with Crippen molar-refractivity contribution in [2.45, 2.75) is 26.7 Å². The van der Waals surface area contributed by atoms with Gasteiger partial charge in [0.05, 0.1) is 4.99 Å². The predicted octanol–water partition coefficient (Wildman–Crippen LogP) is 2.68. The minimum absolute atomic E-state index is 0.712. The van der Waals surface area contributed by atoms with Crippen LogP contribution in [0.25, 0.3) is 0 Å². The molecule has 4 unspecified atom stereocenters. The van der Waals surface area contributed by atoms with Crippen molar-refractivity contribution in [3.05, 3.63) is 6.08 Å². The maximum absolute atomic E-state index is 3.46. The highest BCUT2D eigenvalue weighted by atomic mass is 32.1. The lowest BCUT2D eigenvalue weighted by Gasteiger charge is -2.12. The van der Waals surface area contributed by atoms with E-state index < -0.39 is 0 Å². The molecule has 2 heteroatoms. The number of hydrogen-bond acceptors (Lipinski definition) is 1. The maximum Gasteiger partial charge on any atom is 0.0559 e. The lowest BCUT2D eigenvalue weighted by atomic mass is 10.0. The summed E-state index contributed by atoms with van der Waals surface area (Å²) in [5.74, 6) is 3.62. The Bertz CT molecular complexity index is 424. The van der Waals surface area contributed by atoms with Crippen LogP contribution in [0, 0.1) is 29.1 Å². The first-order chi connectivity index (χ1) is 7.57. The van der Waals surface area contributed by atoms with Gasteiger partial charge in [0, 0.05) is 0 Å². The van der Waals surface area contributed by atoms with E-state index >= 15 is 0 Å². The topological polar surface area (TPSA) is 3.24 Å². The quantitative estimate of drug-likeness (QED) is 0.632. The largest absolute Gasteiger partial charge is 0.276 e. The van der Waals surface area contributed by atoms with E-state index in [-0.39, 0.29) is 0 Å². The lowest BCUT2D eigenvalue weighted by molar-refractivity contribution is 0.488. The van der Waals surface area contributed by atoms with Gasteiger partial charge in [-0.15, -0.1) is 0 Å². The van der Waals surface area contributed by atoms with Crippen molar-refractivity contribution in [3.8, 4) is 0 Å². The van der Waals surface area contributed by atoms with Crippen LogP contribution in [-0.4, -0.2) is 29.0 Å². The minimum atomic E-state index is 0.712. The summed E-state index contributed by atoms with van der Waals surface area (Å²) in [4.78, 5) is 3.76. The molecule has 88 valence electrons. The fourth-order valence-electron chi connectivity index (χ4n) is 3.96. The standard InChI is InChI=1S/C14H21NS/c1-9(2)13-11-5-6-16-12(15(3)4)7-10-8-14(10,11)13/h5,9-11,13H,7-8H2,1-4H3. The van der Waals surface area contributed by atoms with E-state index in [9.17, 15) is 0 Å². The van der Waals surface area contributed by atoms with Crippen LogP contribution in [0.4, 0.5) is 0 Å². The highest BCUT2D eigenvalue weighted by molar-refractivity contribution is 7.96. The molecule has 1 nitrogen and oxygen atoms in total. The molecule has 2 aliphatic carbocycles. The highest BCUT2D eigenvalue weighted by Crippen LogP contribution is 2.81. The predicted molar refractivity (Wildman–Crippen MR) is 72.8 cm³/mol. The molecule has 4 atom stereocenters. The Morgan fingerprint density at radius 2 is 2.25 bits per heavy atom. The first kappa shape index (κ1) is 10.8. The molecule has 16 heavy (non-hydrogen) atoms. The summed E-state index contributed by atoms with van der Waals surface area (Å²) < 4.78 is 0. The van der Waals surface area contributed by atoms with Gasteiger partial charge in [-0.25, -0.2) is 0 Å². The van der Waals surface area contributed by atoms with Gasteiger partial charge in [0.2, 0.25) is 0 Å². The Balaban J connectivity index is 1.91. The Hall–Kier alpha value is -0.300. The van der Waals surface area contributed by atoms with Crippen LogP contribution in [0.15, 0.2) is 6.08 Å². The summed E-state index contributed by atoms with van der Waals surface area (Å²) in [6.07, 6.45) is 5.13. The molecule has 3 rings (SSSR count). The van der Waals surface area contributed by atoms with Crippen molar-refractivity contribution >= 4 is 21.0 Å². The van der Waals surface area contributed by atoms with Crippen LogP contribution in [0.1, 0.15) is 26.7 Å². The first-order valence-electron chi connectivity index (χ1n) is 6.36. The van der Waals surface area contributed by atoms with Crippen LogP contribution in [0.2, 0.25) is 0 Å². The second kappa shape index (κ2) is 3.35. The second-order valence-electron chi connectivity index (χ2n) is 6.19. The molecule has 0 aromatic rings. The Labute approximate surface area is 102 Å². The van der Waals surface area contributed by atoms with E-state index in [4.69, 9.17) is 0 Å². The molecule has 0 radical (unpaired) electrons. The Morgan fingerprint density at radius 1 is 1.50 bits per heavy atom. The van der Waals surface area contributed by atoms with E-state index in [1.54, 1.807) is 0 Å². The number of hydrogen-bond donors (Lipinski definition) is 0. The lowest BCUT2D eigenvalue weighted by Crippen LogP contribution is -2.21. The van der Waals surface area contributed by atoms with Crippen molar-refractivity contribution in [2.75, 3.05) is 14.1 Å². The SMILES string of the molecule is CC(C)C1C2C=C=S=C(N(C)C)CC3CC321. The fourth-order valence-corrected chi connectivity index (χ4v) is 4.78. The van der Waals surface area contributed by atoms with E-state index in [1.807, 2.05) is 10.9 Å². The minimum Gasteiger partial charge on any atom is -0.276 e. The molecule has 0 bridgehead atoms. The van der Waals surface area contributed by atoms with Gasteiger partial charge in [-0.3, -0.25) is 4.90 Å². The molecule has 2 fully saturated rings. The smallest absolute Gasteiger partial charge is 0.0559 e. The van der Waals surface area contributed by atoms with Crippen LogP contribution in [0.5, 0.6) is 0 Å². The number of nitrogens with zero attached hydrogens (tertiary/aromatic N) is 1. The molecule has 0 N–H and O–H groups in total. The number of rotatable bonds is 1. The van der Waals surface area contributed by atoms with Gasteiger partial charge in [-0.1, -0.05) is 29.8 Å². The zero-order valence-electron chi connectivity index (χ0n) is 10.7. The van der Waals surface area contributed by atoms with Crippen molar-refractivity contribution in [3.63, 3.8) is 0 Å². The summed E-state index contributed by atoms with van der Waals surface area (Å²) >= 11 is 0. The van der Waals surface area contributed by atoms with E-state index in [0.717, 1.165) is 23.7 Å². The molecular weight excluding hydrogens is 214 g/mol. The monoisotopic (exact) mass is 235 g/mol. The van der Waals surface area contributed by atoms with Crippen molar-refractivity contribution in [1.82, 2.24) is 4.90 Å². The fraction of sp³-hybridized carbons (Fsp3) is 0.786. The molecule has 0 amide bonds. The molecule has 3 aliphatic rings. The molecule has 0 aromatic carbocycles. The van der Waals surface area contributed by atoms with Crippen LogP contribution >= 0.6 is 10.9 Å². The third kappa shape index (κ3) is 1.33. The third-order valence-corrected chi connectivity index (χ3v) is 5.80. The van der Waals surface area contributed by atoms with Crippen LogP contribution < -0.4 is 0 Å². The third-order valence-electron chi connectivity index (χ3n) is 4.78. The molecule has 0 aromatic heterocycles. The molecular formula is C14H21NS. The number of allylic oxidation sites excluding steroid dienone is 1. The summed E-state index contributed by atoms with van der Waals surface area (Å²) in [7, 11) is 6.13. The summed E-state index contributed by atoms with van der Waals surface area (Å²) in [5.41, 5.74) is 0.712. The van der Waals surface area contributed by atoms with Gasteiger partial charge < -0.3 is 0 Å². The zero-order valence-corrected chi connectivity index (χ0v) is 11.5. The van der Waals surface area contributed by atoms with Gasteiger partial charge in [-0.2, -0.15) is 0 Å². The summed E-state index contributed by atoms with van der Waals surface area (Å²) in [6.45, 7) is 4.77. The zero-order chi connectivity index (χ0) is 11.5. The summed E-state index contributed by atoms with van der Waals surface area (Å²) in [5, 5.41) is 3.46. The van der Waals surface area contributed by atoms with Crippen LogP contribution in [-0.2, 0) is 0 Å². The highest BCUT2D eigenvalue weighted by Gasteiger charge is 2.76. The first-order valence-corrected chi connectivity index (χ1v) is 7.18. The average molecular weight is 235 g/mol. The Kier molecular flexibility index (Phi) is 2.27. The van der Waals surface area contributed by atoms with Crippen LogP contribution in [0.3, 0.4) is 0 Å². The summed E-state index contributed by atoms with van der Waals surface area (Å²) in [6, 6.07) is 0. The van der Waals surface area contributed by atoms with Gasteiger partial charge in [-0.05, 0) is 62.1 Å². The molecule has 1 spiro atoms.